The number of aromatic nitrogens is 1. The number of imide groups is 1. The third-order valence-corrected chi connectivity index (χ3v) is 7.99. The lowest BCUT2D eigenvalue weighted by Gasteiger charge is -2.37. The van der Waals surface area contributed by atoms with E-state index in [9.17, 15) is 19.5 Å². The number of para-hydroxylation sites is 1. The Kier molecular flexibility index (Phi) is 7.27. The molecule has 3 heterocycles. The van der Waals surface area contributed by atoms with Crippen molar-refractivity contribution in [3.63, 3.8) is 0 Å². The number of rotatable bonds is 7. The molecule has 10 heteroatoms. The van der Waals surface area contributed by atoms with E-state index in [-0.39, 0.29) is 13.0 Å². The van der Waals surface area contributed by atoms with Crippen molar-refractivity contribution in [2.45, 2.75) is 44.9 Å². The van der Waals surface area contributed by atoms with E-state index in [0.717, 1.165) is 5.56 Å². The molecule has 4 unspecified atom stereocenters. The number of carboxylic acid groups (broad SMARTS) is 1. The van der Waals surface area contributed by atoms with Gasteiger partial charge in [0.25, 0.3) is 0 Å². The number of quaternary nitrogens is 1. The molecular weight excluding hydrogens is 491 g/mol. The van der Waals surface area contributed by atoms with Crippen LogP contribution < -0.4 is 10.6 Å². The number of halogens is 1. The highest BCUT2D eigenvalue weighted by Crippen LogP contribution is 2.39. The van der Waals surface area contributed by atoms with Crippen molar-refractivity contribution in [1.29, 1.82) is 0 Å². The van der Waals surface area contributed by atoms with E-state index in [2.05, 4.69) is 15.6 Å². The van der Waals surface area contributed by atoms with Crippen molar-refractivity contribution in [1.82, 2.24) is 10.3 Å². The van der Waals surface area contributed by atoms with Crippen LogP contribution in [-0.4, -0.2) is 58.3 Å². The maximum atomic E-state index is 15.9. The Morgan fingerprint density at radius 1 is 1.13 bits per heavy atom. The first-order chi connectivity index (χ1) is 18.3. The number of benzene rings is 2. The van der Waals surface area contributed by atoms with Crippen LogP contribution in [0.3, 0.4) is 0 Å². The summed E-state index contributed by atoms with van der Waals surface area (Å²) in [6, 6.07) is 11.3. The second-order valence-corrected chi connectivity index (χ2v) is 10.2. The van der Waals surface area contributed by atoms with E-state index >= 15 is 4.39 Å². The van der Waals surface area contributed by atoms with Gasteiger partial charge in [-0.15, -0.1) is 0 Å². The molecular formula is C28H32FN4O5+. The van der Waals surface area contributed by atoms with Gasteiger partial charge in [0.2, 0.25) is 6.30 Å². The number of likely N-dealkylation sites (tertiary alicyclic amines) is 1. The minimum absolute atomic E-state index is 0.00820. The molecule has 2 aliphatic heterocycles. The first-order valence-electron chi connectivity index (χ1n) is 13.0. The molecule has 3 N–H and O–H groups in total. The molecule has 0 radical (unpaired) electrons. The summed E-state index contributed by atoms with van der Waals surface area (Å²) in [6.45, 7) is 2.95. The van der Waals surface area contributed by atoms with Gasteiger partial charge in [0, 0.05) is 18.5 Å². The highest BCUT2D eigenvalue weighted by atomic mass is 19.1. The largest absolute Gasteiger partial charge is 0.481 e. The number of carbonyl (C=O) groups is 3. The molecule has 200 valence electrons. The smallest absolute Gasteiger partial charge is 0.350 e. The van der Waals surface area contributed by atoms with Gasteiger partial charge in [0.15, 0.2) is 23.9 Å². The fourth-order valence-electron chi connectivity index (χ4n) is 5.87. The second kappa shape index (κ2) is 10.6. The SMILES string of the molecule is Cc1ccccc1NC(C(=O)[N+]1(C(=O)C(C(=O)O)C2CCNCC2)CCCC1F)c1ccc2ncoc2c1. The Morgan fingerprint density at radius 3 is 2.58 bits per heavy atom. The standard InChI is InChI=1S/C28H31FN4O5/c1-17-5-2-3-6-20(17)32-25(19-8-9-21-22(15-19)38-16-31-21)27(35)33(14-4-7-23(33)29)26(34)24(28(36)37)18-10-12-30-13-11-18/h2-3,5-6,8-9,15-16,18,23-25,30,32H,4,7,10-14H2,1H3/p+1. The minimum Gasteiger partial charge on any atom is -0.481 e. The topological polar surface area (TPSA) is 122 Å². The molecule has 2 saturated heterocycles. The average Bonchev–Trinajstić information content (AvgIpc) is 3.55. The third-order valence-electron chi connectivity index (χ3n) is 7.99. The number of nitrogens with zero attached hydrogens (tertiary/aromatic N) is 2. The number of carboxylic acids is 1. The van der Waals surface area contributed by atoms with Gasteiger partial charge < -0.3 is 20.2 Å². The number of aliphatic carboxylic acids is 1. The van der Waals surface area contributed by atoms with Crippen molar-refractivity contribution < 1.29 is 32.8 Å². The summed E-state index contributed by atoms with van der Waals surface area (Å²) in [6.07, 6.45) is 0.728. The number of carbonyl (C=O) groups excluding carboxylic acids is 2. The van der Waals surface area contributed by atoms with Gasteiger partial charge in [-0.25, -0.2) is 14.6 Å². The highest BCUT2D eigenvalue weighted by Gasteiger charge is 2.61. The van der Waals surface area contributed by atoms with Gasteiger partial charge in [-0.3, -0.25) is 4.79 Å². The maximum absolute atomic E-state index is 15.9. The fraction of sp³-hybridized carbons (Fsp3) is 0.429. The van der Waals surface area contributed by atoms with Crippen molar-refractivity contribution in [3.8, 4) is 0 Å². The molecule has 9 nitrogen and oxygen atoms in total. The van der Waals surface area contributed by atoms with Crippen LogP contribution in [0.4, 0.5) is 10.1 Å². The number of amides is 2. The number of aryl methyl sites for hydroxylation is 1. The fourth-order valence-corrected chi connectivity index (χ4v) is 5.87. The zero-order chi connectivity index (χ0) is 26.9. The van der Waals surface area contributed by atoms with Crippen LogP contribution in [0.15, 0.2) is 53.3 Å². The molecule has 0 bridgehead atoms. The predicted molar refractivity (Wildman–Crippen MR) is 138 cm³/mol. The number of fused-ring (bicyclic) bond motifs is 1. The summed E-state index contributed by atoms with van der Waals surface area (Å²) in [4.78, 5) is 45.2. The van der Waals surface area contributed by atoms with Crippen LogP contribution in [0.1, 0.15) is 42.9 Å². The summed E-state index contributed by atoms with van der Waals surface area (Å²) < 4.78 is 20.2. The van der Waals surface area contributed by atoms with Gasteiger partial charge in [0.1, 0.15) is 5.52 Å². The lowest BCUT2D eigenvalue weighted by molar-refractivity contribution is -0.811. The average molecular weight is 524 g/mol. The molecule has 0 aliphatic carbocycles. The van der Waals surface area contributed by atoms with Crippen LogP contribution in [-0.2, 0) is 14.4 Å². The first-order valence-corrected chi connectivity index (χ1v) is 13.0. The van der Waals surface area contributed by atoms with Gasteiger partial charge in [0.05, 0.1) is 6.54 Å². The number of anilines is 1. The Balaban J connectivity index is 1.60. The van der Waals surface area contributed by atoms with Crippen LogP contribution in [0.25, 0.3) is 11.1 Å². The van der Waals surface area contributed by atoms with Gasteiger partial charge in [-0.2, -0.15) is 8.87 Å². The normalized spacial score (nSPS) is 23.7. The number of alkyl halides is 1. The highest BCUT2D eigenvalue weighted by molar-refractivity contribution is 6.00. The summed E-state index contributed by atoms with van der Waals surface area (Å²) in [5, 5.41) is 16.6. The quantitative estimate of drug-likeness (QED) is 0.242. The number of hydrogen-bond donors (Lipinski definition) is 3. The van der Waals surface area contributed by atoms with Crippen LogP contribution >= 0.6 is 0 Å². The number of oxazole rings is 1. The molecule has 2 amide bonds. The minimum atomic E-state index is -1.83. The van der Waals surface area contributed by atoms with Crippen molar-refractivity contribution in [2.24, 2.45) is 11.8 Å². The van der Waals surface area contributed by atoms with Crippen molar-refractivity contribution in [2.75, 3.05) is 25.0 Å². The van der Waals surface area contributed by atoms with Gasteiger partial charge >= 0.3 is 17.8 Å². The molecule has 38 heavy (non-hydrogen) atoms. The molecule has 0 spiro atoms. The molecule has 4 atom stereocenters. The van der Waals surface area contributed by atoms with E-state index in [0.29, 0.717) is 54.7 Å². The Hall–Kier alpha value is -3.63. The lowest BCUT2D eigenvalue weighted by Crippen LogP contribution is -2.64. The zero-order valence-electron chi connectivity index (χ0n) is 21.2. The van der Waals surface area contributed by atoms with Crippen LogP contribution in [0.5, 0.6) is 0 Å². The predicted octanol–water partition coefficient (Wildman–Crippen LogP) is 3.95. The number of piperidine rings is 1. The Labute approximate surface area is 219 Å². The van der Waals surface area contributed by atoms with Crippen LogP contribution in [0, 0.1) is 18.8 Å². The summed E-state index contributed by atoms with van der Waals surface area (Å²) in [5.41, 5.74) is 3.02. The Bertz CT molecular complexity index is 1350. The van der Waals surface area contributed by atoms with Crippen LogP contribution in [0.2, 0.25) is 0 Å². The molecule has 2 aliphatic rings. The maximum Gasteiger partial charge on any atom is 0.350 e. The van der Waals surface area contributed by atoms with E-state index in [1.165, 1.54) is 6.39 Å². The summed E-state index contributed by atoms with van der Waals surface area (Å²) >= 11 is 0. The Morgan fingerprint density at radius 2 is 1.89 bits per heavy atom. The summed E-state index contributed by atoms with van der Waals surface area (Å²) in [7, 11) is 0. The van der Waals surface area contributed by atoms with E-state index in [4.69, 9.17) is 4.42 Å². The number of hydrogen-bond acceptors (Lipinski definition) is 7. The lowest BCUT2D eigenvalue weighted by atomic mass is 9.83. The van der Waals surface area contributed by atoms with Crippen molar-refractivity contribution in [3.05, 3.63) is 60.0 Å². The van der Waals surface area contributed by atoms with Crippen molar-refractivity contribution >= 4 is 34.6 Å². The summed E-state index contributed by atoms with van der Waals surface area (Å²) in [5.74, 6) is -4.81. The third kappa shape index (κ3) is 4.58. The monoisotopic (exact) mass is 523 g/mol. The van der Waals surface area contributed by atoms with E-state index < -0.39 is 46.4 Å². The van der Waals surface area contributed by atoms with Gasteiger partial charge in [-0.05, 0) is 68.1 Å². The second-order valence-electron chi connectivity index (χ2n) is 10.2. The zero-order valence-corrected chi connectivity index (χ0v) is 21.2. The molecule has 3 aromatic rings. The molecule has 0 saturated carbocycles. The molecule has 2 aromatic carbocycles. The van der Waals surface area contributed by atoms with E-state index in [1.807, 2.05) is 25.1 Å². The number of nitrogens with one attached hydrogen (secondary N) is 2. The van der Waals surface area contributed by atoms with Gasteiger partial charge in [-0.1, -0.05) is 24.3 Å². The van der Waals surface area contributed by atoms with E-state index in [1.54, 1.807) is 24.3 Å². The molecule has 5 rings (SSSR count). The molecule has 1 aromatic heterocycles. The first kappa shape index (κ1) is 26.0. The molecule has 2 fully saturated rings.